The van der Waals surface area contributed by atoms with Crippen LogP contribution in [-0.4, -0.2) is 20.3 Å². The fourth-order valence-electron chi connectivity index (χ4n) is 2.35. The van der Waals surface area contributed by atoms with Crippen LogP contribution in [-0.2, 0) is 4.74 Å². The average molecular weight is 261 g/mol. The molecule has 1 heterocycles. The standard InChI is InChI=1S/C16H23NO2/c1-11-6-5-7-13-10-15(19-16(11)13)14(17-3)9-8-12(2)18-4/h5-7,10,12,14,17H,8-9H2,1-4H3. The topological polar surface area (TPSA) is 34.4 Å². The second kappa shape index (κ2) is 6.22. The molecular weight excluding hydrogens is 238 g/mol. The third-order valence-electron chi connectivity index (χ3n) is 3.72. The Labute approximate surface area is 114 Å². The Morgan fingerprint density at radius 2 is 2.11 bits per heavy atom. The summed E-state index contributed by atoms with van der Waals surface area (Å²) in [6.45, 7) is 4.17. The highest BCUT2D eigenvalue weighted by molar-refractivity contribution is 5.80. The molecule has 1 aromatic carbocycles. The first-order chi connectivity index (χ1) is 9.15. The summed E-state index contributed by atoms with van der Waals surface area (Å²) in [5, 5.41) is 4.50. The fourth-order valence-corrected chi connectivity index (χ4v) is 2.35. The van der Waals surface area contributed by atoms with Gasteiger partial charge < -0.3 is 14.5 Å². The molecule has 2 aromatic rings. The number of aryl methyl sites for hydroxylation is 1. The first-order valence-corrected chi connectivity index (χ1v) is 6.84. The Balaban J connectivity index is 2.18. The minimum atomic E-state index is 0.240. The van der Waals surface area contributed by atoms with Crippen molar-refractivity contribution in [3.63, 3.8) is 0 Å². The lowest BCUT2D eigenvalue weighted by atomic mass is 10.1. The summed E-state index contributed by atoms with van der Waals surface area (Å²) in [4.78, 5) is 0. The van der Waals surface area contributed by atoms with Crippen LogP contribution < -0.4 is 5.32 Å². The Morgan fingerprint density at radius 1 is 1.32 bits per heavy atom. The highest BCUT2D eigenvalue weighted by Crippen LogP contribution is 2.28. The molecule has 2 unspecified atom stereocenters. The van der Waals surface area contributed by atoms with Gasteiger partial charge in [0.15, 0.2) is 0 Å². The number of nitrogens with one attached hydrogen (secondary N) is 1. The maximum Gasteiger partial charge on any atom is 0.137 e. The third kappa shape index (κ3) is 3.17. The molecule has 0 amide bonds. The van der Waals surface area contributed by atoms with Gasteiger partial charge in [-0.25, -0.2) is 0 Å². The Morgan fingerprint density at radius 3 is 2.74 bits per heavy atom. The van der Waals surface area contributed by atoms with Crippen LogP contribution in [0.1, 0.15) is 37.1 Å². The fraction of sp³-hybridized carbons (Fsp3) is 0.500. The second-order valence-corrected chi connectivity index (χ2v) is 5.11. The number of furan rings is 1. The van der Waals surface area contributed by atoms with Crippen molar-refractivity contribution in [2.75, 3.05) is 14.2 Å². The van der Waals surface area contributed by atoms with Crippen molar-refractivity contribution >= 4 is 11.0 Å². The number of hydrogen-bond acceptors (Lipinski definition) is 3. The van der Waals surface area contributed by atoms with Crippen LogP contribution >= 0.6 is 0 Å². The number of hydrogen-bond donors (Lipinski definition) is 1. The number of rotatable bonds is 6. The van der Waals surface area contributed by atoms with Gasteiger partial charge in [-0.15, -0.1) is 0 Å². The van der Waals surface area contributed by atoms with Crippen LogP contribution in [0.5, 0.6) is 0 Å². The maximum atomic E-state index is 6.01. The minimum absolute atomic E-state index is 0.240. The van der Waals surface area contributed by atoms with E-state index in [9.17, 15) is 0 Å². The predicted octanol–water partition coefficient (Wildman–Crippen LogP) is 3.82. The van der Waals surface area contributed by atoms with E-state index in [2.05, 4.69) is 43.4 Å². The van der Waals surface area contributed by atoms with Crippen molar-refractivity contribution in [3.05, 3.63) is 35.6 Å². The number of benzene rings is 1. The second-order valence-electron chi connectivity index (χ2n) is 5.11. The number of ether oxygens (including phenoxy) is 1. The highest BCUT2D eigenvalue weighted by Gasteiger charge is 2.16. The monoisotopic (exact) mass is 261 g/mol. The Hall–Kier alpha value is -1.32. The average Bonchev–Trinajstić information content (AvgIpc) is 2.84. The quantitative estimate of drug-likeness (QED) is 0.858. The van der Waals surface area contributed by atoms with Gasteiger partial charge in [-0.2, -0.15) is 0 Å². The van der Waals surface area contributed by atoms with Gasteiger partial charge in [0, 0.05) is 12.5 Å². The minimum Gasteiger partial charge on any atom is -0.459 e. The van der Waals surface area contributed by atoms with Crippen molar-refractivity contribution in [2.24, 2.45) is 0 Å². The van der Waals surface area contributed by atoms with Gasteiger partial charge in [-0.1, -0.05) is 18.2 Å². The van der Waals surface area contributed by atoms with Crippen LogP contribution in [0.4, 0.5) is 0 Å². The summed E-state index contributed by atoms with van der Waals surface area (Å²) in [6, 6.07) is 8.63. The van der Waals surface area contributed by atoms with Crippen molar-refractivity contribution < 1.29 is 9.15 Å². The van der Waals surface area contributed by atoms with Crippen LogP contribution in [0.15, 0.2) is 28.7 Å². The first-order valence-electron chi connectivity index (χ1n) is 6.84. The van der Waals surface area contributed by atoms with E-state index in [1.54, 1.807) is 7.11 Å². The van der Waals surface area contributed by atoms with Gasteiger partial charge in [0.05, 0.1) is 12.1 Å². The van der Waals surface area contributed by atoms with Gasteiger partial charge in [0.2, 0.25) is 0 Å². The molecule has 0 aliphatic heterocycles. The van der Waals surface area contributed by atoms with E-state index < -0.39 is 0 Å². The molecule has 19 heavy (non-hydrogen) atoms. The molecule has 1 aromatic heterocycles. The summed E-state index contributed by atoms with van der Waals surface area (Å²) in [7, 11) is 3.73. The van der Waals surface area contributed by atoms with Crippen molar-refractivity contribution in [3.8, 4) is 0 Å². The lowest BCUT2D eigenvalue weighted by molar-refractivity contribution is 0.105. The van der Waals surface area contributed by atoms with E-state index in [4.69, 9.17) is 9.15 Å². The van der Waals surface area contributed by atoms with Gasteiger partial charge >= 0.3 is 0 Å². The molecule has 1 N–H and O–H groups in total. The normalized spacial score (nSPS) is 14.7. The smallest absolute Gasteiger partial charge is 0.137 e. The first kappa shape index (κ1) is 14.1. The third-order valence-corrected chi connectivity index (χ3v) is 3.72. The summed E-state index contributed by atoms with van der Waals surface area (Å²) in [6.07, 6.45) is 2.30. The summed E-state index contributed by atoms with van der Waals surface area (Å²) < 4.78 is 11.3. The van der Waals surface area contributed by atoms with Crippen LogP contribution in [0.3, 0.4) is 0 Å². The van der Waals surface area contributed by atoms with E-state index in [1.165, 1.54) is 10.9 Å². The van der Waals surface area contributed by atoms with Crippen LogP contribution in [0.2, 0.25) is 0 Å². The van der Waals surface area contributed by atoms with Crippen molar-refractivity contribution in [2.45, 2.75) is 38.8 Å². The molecule has 0 saturated carbocycles. The molecule has 0 aliphatic carbocycles. The number of para-hydroxylation sites is 1. The molecule has 0 bridgehead atoms. The van der Waals surface area contributed by atoms with Gasteiger partial charge in [-0.3, -0.25) is 0 Å². The molecular formula is C16H23NO2. The van der Waals surface area contributed by atoms with Crippen LogP contribution in [0.25, 0.3) is 11.0 Å². The predicted molar refractivity (Wildman–Crippen MR) is 78.5 cm³/mol. The van der Waals surface area contributed by atoms with E-state index in [0.29, 0.717) is 0 Å². The van der Waals surface area contributed by atoms with E-state index in [1.807, 2.05) is 7.05 Å². The zero-order chi connectivity index (χ0) is 13.8. The van der Waals surface area contributed by atoms with Crippen LogP contribution in [0, 0.1) is 6.92 Å². The summed E-state index contributed by atoms with van der Waals surface area (Å²) in [5.74, 6) is 1.01. The van der Waals surface area contributed by atoms with Gasteiger partial charge in [0.1, 0.15) is 11.3 Å². The summed E-state index contributed by atoms with van der Waals surface area (Å²) >= 11 is 0. The van der Waals surface area contributed by atoms with Gasteiger partial charge in [0.25, 0.3) is 0 Å². The highest BCUT2D eigenvalue weighted by atomic mass is 16.5. The molecule has 2 rings (SSSR count). The van der Waals surface area contributed by atoms with E-state index >= 15 is 0 Å². The molecule has 0 aliphatic rings. The Bertz CT molecular complexity index is 533. The molecule has 104 valence electrons. The SMILES string of the molecule is CNC(CCC(C)OC)c1cc2cccc(C)c2o1. The molecule has 0 spiro atoms. The summed E-state index contributed by atoms with van der Waals surface area (Å²) in [5.41, 5.74) is 2.18. The lowest BCUT2D eigenvalue weighted by Crippen LogP contribution is -2.18. The number of fused-ring (bicyclic) bond motifs is 1. The molecule has 3 nitrogen and oxygen atoms in total. The lowest BCUT2D eigenvalue weighted by Gasteiger charge is -2.16. The molecule has 0 fully saturated rings. The maximum absolute atomic E-state index is 6.01. The largest absolute Gasteiger partial charge is 0.459 e. The zero-order valence-electron chi connectivity index (χ0n) is 12.2. The zero-order valence-corrected chi connectivity index (χ0v) is 12.2. The molecule has 2 atom stereocenters. The molecule has 0 radical (unpaired) electrons. The molecule has 3 heteroatoms. The Kier molecular flexibility index (Phi) is 4.61. The van der Waals surface area contributed by atoms with Crippen molar-refractivity contribution in [1.29, 1.82) is 0 Å². The van der Waals surface area contributed by atoms with Crippen molar-refractivity contribution in [1.82, 2.24) is 5.32 Å². The molecule has 0 saturated heterocycles. The van der Waals surface area contributed by atoms with E-state index in [-0.39, 0.29) is 12.1 Å². The van der Waals surface area contributed by atoms with Gasteiger partial charge in [-0.05, 0) is 45.4 Å². The van der Waals surface area contributed by atoms with E-state index in [0.717, 1.165) is 24.2 Å². The number of methoxy groups -OCH3 is 1.